The van der Waals surface area contributed by atoms with E-state index in [9.17, 15) is 4.39 Å². The van der Waals surface area contributed by atoms with E-state index in [-0.39, 0.29) is 5.82 Å². The van der Waals surface area contributed by atoms with E-state index in [1.54, 1.807) is 6.92 Å². The van der Waals surface area contributed by atoms with Gasteiger partial charge in [0.1, 0.15) is 0 Å². The van der Waals surface area contributed by atoms with Gasteiger partial charge in [0.15, 0.2) is 11.6 Å². The molecule has 1 aromatic rings. The van der Waals surface area contributed by atoms with E-state index in [0.717, 1.165) is 0 Å². The number of aromatic nitrogens is 1. The van der Waals surface area contributed by atoms with Gasteiger partial charge in [-0.05, 0) is 19.1 Å². The number of aliphatic hydroxyl groups excluding tert-OH is 1. The number of nitrogens with zero attached hydrogens (tertiary/aromatic N) is 1. The van der Waals surface area contributed by atoms with Gasteiger partial charge in [0.05, 0.1) is 6.10 Å². The van der Waals surface area contributed by atoms with Gasteiger partial charge in [-0.1, -0.05) is 0 Å². The first-order valence-electron chi connectivity index (χ1n) is 3.72. The van der Waals surface area contributed by atoms with Crippen molar-refractivity contribution in [1.82, 2.24) is 4.98 Å². The fourth-order valence-electron chi connectivity index (χ4n) is 0.760. The molecule has 0 aliphatic heterocycles. The maximum atomic E-state index is 12.8. The summed E-state index contributed by atoms with van der Waals surface area (Å²) in [6.45, 7) is 1.92. The van der Waals surface area contributed by atoms with Crippen molar-refractivity contribution in [1.29, 1.82) is 0 Å². The minimum absolute atomic E-state index is 0.179. The number of aliphatic hydroxyl groups is 1. The fourth-order valence-corrected chi connectivity index (χ4v) is 0.760. The molecule has 1 heterocycles. The number of halogens is 1. The van der Waals surface area contributed by atoms with E-state index >= 15 is 0 Å². The maximum absolute atomic E-state index is 12.8. The zero-order valence-electron chi connectivity index (χ0n) is 6.79. The van der Waals surface area contributed by atoms with Gasteiger partial charge in [-0.15, -0.1) is 0 Å². The van der Waals surface area contributed by atoms with Gasteiger partial charge in [0.25, 0.3) is 0 Å². The van der Waals surface area contributed by atoms with Crippen LogP contribution in [0.15, 0.2) is 18.3 Å². The van der Waals surface area contributed by atoms with E-state index in [1.165, 1.54) is 18.3 Å². The highest BCUT2D eigenvalue weighted by molar-refractivity contribution is 5.35. The van der Waals surface area contributed by atoms with E-state index < -0.39 is 11.9 Å². The standard InChI is InChI=1S/C8H11FN2O/c1-6(12)5-11-8-7(9)3-2-4-10-8/h2-4,6,12H,5H2,1H3,(H,10,11)/t6-/m1/s1. The Morgan fingerprint density at radius 2 is 2.50 bits per heavy atom. The summed E-state index contributed by atoms with van der Waals surface area (Å²) in [5, 5.41) is 11.6. The number of nitrogens with one attached hydrogen (secondary N) is 1. The average molecular weight is 170 g/mol. The highest BCUT2D eigenvalue weighted by Gasteiger charge is 2.01. The number of hydrogen-bond acceptors (Lipinski definition) is 3. The maximum Gasteiger partial charge on any atom is 0.165 e. The number of anilines is 1. The monoisotopic (exact) mass is 170 g/mol. The van der Waals surface area contributed by atoms with Crippen LogP contribution in [0, 0.1) is 5.82 Å². The van der Waals surface area contributed by atoms with Gasteiger partial charge in [-0.25, -0.2) is 9.37 Å². The molecule has 0 aliphatic rings. The number of pyridine rings is 1. The largest absolute Gasteiger partial charge is 0.392 e. The van der Waals surface area contributed by atoms with Gasteiger partial charge in [0.2, 0.25) is 0 Å². The Balaban J connectivity index is 2.57. The molecule has 4 heteroatoms. The molecular formula is C8H11FN2O. The highest BCUT2D eigenvalue weighted by atomic mass is 19.1. The van der Waals surface area contributed by atoms with Crippen LogP contribution in [-0.2, 0) is 0 Å². The first-order chi connectivity index (χ1) is 5.70. The Morgan fingerprint density at radius 3 is 3.08 bits per heavy atom. The second-order valence-electron chi connectivity index (χ2n) is 2.56. The van der Waals surface area contributed by atoms with Crippen molar-refractivity contribution in [3.63, 3.8) is 0 Å². The van der Waals surface area contributed by atoms with E-state index in [4.69, 9.17) is 5.11 Å². The molecule has 1 aromatic heterocycles. The SMILES string of the molecule is C[C@@H](O)CNc1ncccc1F. The van der Waals surface area contributed by atoms with E-state index in [1.807, 2.05) is 0 Å². The summed E-state index contributed by atoms with van der Waals surface area (Å²) in [5.74, 6) is -0.225. The summed E-state index contributed by atoms with van der Waals surface area (Å²) in [6.07, 6.45) is 0.986. The van der Waals surface area contributed by atoms with Crippen LogP contribution < -0.4 is 5.32 Å². The average Bonchev–Trinajstić information content (AvgIpc) is 2.03. The Hall–Kier alpha value is -1.16. The zero-order chi connectivity index (χ0) is 8.97. The lowest BCUT2D eigenvalue weighted by Crippen LogP contribution is -2.16. The van der Waals surface area contributed by atoms with Crippen LogP contribution in [0.25, 0.3) is 0 Å². The molecule has 0 saturated carbocycles. The molecule has 0 bridgehead atoms. The smallest absolute Gasteiger partial charge is 0.165 e. The van der Waals surface area contributed by atoms with Crippen molar-refractivity contribution < 1.29 is 9.50 Å². The molecule has 1 rings (SSSR count). The summed E-state index contributed by atoms with van der Waals surface area (Å²) < 4.78 is 12.8. The molecule has 0 aromatic carbocycles. The number of hydrogen-bond donors (Lipinski definition) is 2. The molecule has 0 unspecified atom stereocenters. The van der Waals surface area contributed by atoms with Crippen LogP contribution in [-0.4, -0.2) is 22.7 Å². The van der Waals surface area contributed by atoms with Crippen molar-refractivity contribution in [3.8, 4) is 0 Å². The third-order valence-electron chi connectivity index (χ3n) is 1.32. The lowest BCUT2D eigenvalue weighted by molar-refractivity contribution is 0.208. The Labute approximate surface area is 70.3 Å². The second-order valence-corrected chi connectivity index (χ2v) is 2.56. The third-order valence-corrected chi connectivity index (χ3v) is 1.32. The summed E-state index contributed by atoms with van der Waals surface area (Å²) >= 11 is 0. The van der Waals surface area contributed by atoms with Crippen LogP contribution in [0.1, 0.15) is 6.92 Å². The second kappa shape index (κ2) is 4.01. The molecule has 0 fully saturated rings. The summed E-state index contributed by atoms with van der Waals surface area (Å²) in [6, 6.07) is 2.83. The summed E-state index contributed by atoms with van der Waals surface area (Å²) in [4.78, 5) is 3.75. The zero-order valence-corrected chi connectivity index (χ0v) is 6.79. The van der Waals surface area contributed by atoms with Crippen LogP contribution in [0.4, 0.5) is 10.2 Å². The molecule has 0 aliphatic carbocycles. The van der Waals surface area contributed by atoms with Crippen LogP contribution in [0.5, 0.6) is 0 Å². The van der Waals surface area contributed by atoms with E-state index in [2.05, 4.69) is 10.3 Å². The van der Waals surface area contributed by atoms with Crippen LogP contribution >= 0.6 is 0 Å². The molecule has 0 saturated heterocycles. The molecule has 1 atom stereocenters. The van der Waals surface area contributed by atoms with Crippen LogP contribution in [0.2, 0.25) is 0 Å². The summed E-state index contributed by atoms with van der Waals surface area (Å²) in [7, 11) is 0. The minimum Gasteiger partial charge on any atom is -0.392 e. The van der Waals surface area contributed by atoms with E-state index in [0.29, 0.717) is 6.54 Å². The van der Waals surface area contributed by atoms with Crippen molar-refractivity contribution in [2.75, 3.05) is 11.9 Å². The molecule has 12 heavy (non-hydrogen) atoms. The molecule has 66 valence electrons. The highest BCUT2D eigenvalue weighted by Crippen LogP contribution is 2.07. The normalized spacial score (nSPS) is 12.6. The quantitative estimate of drug-likeness (QED) is 0.711. The molecule has 0 amide bonds. The predicted octanol–water partition coefficient (Wildman–Crippen LogP) is 1.01. The number of rotatable bonds is 3. The van der Waals surface area contributed by atoms with Crippen molar-refractivity contribution in [2.24, 2.45) is 0 Å². The fraction of sp³-hybridized carbons (Fsp3) is 0.375. The summed E-state index contributed by atoms with van der Waals surface area (Å²) in [5.41, 5.74) is 0. The third kappa shape index (κ3) is 2.47. The Morgan fingerprint density at radius 1 is 1.75 bits per heavy atom. The van der Waals surface area contributed by atoms with Crippen molar-refractivity contribution in [2.45, 2.75) is 13.0 Å². The van der Waals surface area contributed by atoms with Gasteiger partial charge in [-0.2, -0.15) is 0 Å². The van der Waals surface area contributed by atoms with Crippen LogP contribution in [0.3, 0.4) is 0 Å². The van der Waals surface area contributed by atoms with Gasteiger partial charge >= 0.3 is 0 Å². The van der Waals surface area contributed by atoms with Gasteiger partial charge in [-0.3, -0.25) is 0 Å². The lowest BCUT2D eigenvalue weighted by atomic mass is 10.4. The Bertz CT molecular complexity index is 253. The molecule has 2 N–H and O–H groups in total. The lowest BCUT2D eigenvalue weighted by Gasteiger charge is -2.07. The van der Waals surface area contributed by atoms with Crippen molar-refractivity contribution >= 4 is 5.82 Å². The molecule has 0 spiro atoms. The Kier molecular flexibility index (Phi) is 2.99. The molecule has 0 radical (unpaired) electrons. The molecule has 3 nitrogen and oxygen atoms in total. The molecular weight excluding hydrogens is 159 g/mol. The van der Waals surface area contributed by atoms with Gasteiger partial charge in [0, 0.05) is 12.7 Å². The predicted molar refractivity (Wildman–Crippen MR) is 44.4 cm³/mol. The minimum atomic E-state index is -0.508. The topological polar surface area (TPSA) is 45.1 Å². The first-order valence-corrected chi connectivity index (χ1v) is 3.72. The van der Waals surface area contributed by atoms with Gasteiger partial charge < -0.3 is 10.4 Å². The van der Waals surface area contributed by atoms with Crippen molar-refractivity contribution in [3.05, 3.63) is 24.1 Å². The first kappa shape index (κ1) is 8.93.